The Morgan fingerprint density at radius 1 is 1.09 bits per heavy atom. The summed E-state index contributed by atoms with van der Waals surface area (Å²) < 4.78 is 79.0. The highest BCUT2D eigenvalue weighted by Crippen LogP contribution is 2.35. The molecule has 0 saturated heterocycles. The molecule has 174 valence electrons. The van der Waals surface area contributed by atoms with Crippen molar-refractivity contribution in [1.29, 1.82) is 0 Å². The number of hydrazone groups is 1. The number of anilines is 1. The number of halogens is 6. The van der Waals surface area contributed by atoms with E-state index in [1.807, 2.05) is 0 Å². The Balaban J connectivity index is 2.00. The summed E-state index contributed by atoms with van der Waals surface area (Å²) in [5, 5.41) is 3.96. The number of amides is 1. The van der Waals surface area contributed by atoms with Crippen molar-refractivity contribution in [2.45, 2.75) is 13.8 Å². The Labute approximate surface area is 188 Å². The number of hydrogen-bond donors (Lipinski definition) is 0. The summed E-state index contributed by atoms with van der Waals surface area (Å²) >= 11 is 5.98. The Hall–Kier alpha value is -3.47. The van der Waals surface area contributed by atoms with E-state index in [-0.39, 0.29) is 39.2 Å². The van der Waals surface area contributed by atoms with Gasteiger partial charge in [-0.2, -0.15) is 10.1 Å². The van der Waals surface area contributed by atoms with Crippen molar-refractivity contribution >= 4 is 41.0 Å². The fourth-order valence-corrected chi connectivity index (χ4v) is 3.05. The van der Waals surface area contributed by atoms with Crippen LogP contribution in [0.5, 0.6) is 5.75 Å². The lowest BCUT2D eigenvalue weighted by atomic mass is 10.1. The zero-order chi connectivity index (χ0) is 24.4. The highest BCUT2D eigenvalue weighted by atomic mass is 35.5. The van der Waals surface area contributed by atoms with E-state index in [4.69, 9.17) is 21.1 Å². The normalized spacial score (nSPS) is 14.7. The maximum absolute atomic E-state index is 14.2. The van der Waals surface area contributed by atoms with Gasteiger partial charge in [0.15, 0.2) is 29.9 Å². The second-order valence-electron chi connectivity index (χ2n) is 6.55. The van der Waals surface area contributed by atoms with Crippen LogP contribution in [0.25, 0.3) is 6.08 Å². The molecule has 6 nitrogen and oxygen atoms in total. The second-order valence-corrected chi connectivity index (χ2v) is 6.99. The van der Waals surface area contributed by atoms with Gasteiger partial charge in [0.1, 0.15) is 11.4 Å². The van der Waals surface area contributed by atoms with Crippen molar-refractivity contribution in [2.24, 2.45) is 5.10 Å². The van der Waals surface area contributed by atoms with Crippen LogP contribution in [0.1, 0.15) is 19.4 Å². The summed E-state index contributed by atoms with van der Waals surface area (Å²) in [6, 6.07) is 4.22. The van der Waals surface area contributed by atoms with Crippen LogP contribution in [0, 0.1) is 29.1 Å². The number of hydrogen-bond acceptors (Lipinski definition) is 5. The molecular weight excluding hydrogens is 475 g/mol. The fourth-order valence-electron chi connectivity index (χ4n) is 2.87. The average molecular weight is 489 g/mol. The van der Waals surface area contributed by atoms with Gasteiger partial charge in [0.2, 0.25) is 5.82 Å². The topological polar surface area (TPSA) is 68.2 Å². The quantitative estimate of drug-likeness (QED) is 0.193. The molecule has 0 atom stereocenters. The van der Waals surface area contributed by atoms with Crippen LogP contribution in [0.4, 0.5) is 27.6 Å². The molecule has 0 bridgehead atoms. The summed E-state index contributed by atoms with van der Waals surface area (Å²) in [6.07, 6.45) is 1.19. The molecule has 0 aliphatic carbocycles. The van der Waals surface area contributed by atoms with Crippen molar-refractivity contribution in [1.82, 2.24) is 0 Å². The molecule has 3 rings (SSSR count). The minimum Gasteiger partial charge on any atom is -0.481 e. The smallest absolute Gasteiger partial charge is 0.344 e. The molecule has 2 aromatic carbocycles. The summed E-state index contributed by atoms with van der Waals surface area (Å²) in [5.74, 6) is -12.9. The molecule has 12 heteroatoms. The van der Waals surface area contributed by atoms with Crippen molar-refractivity contribution < 1.29 is 41.0 Å². The van der Waals surface area contributed by atoms with Crippen molar-refractivity contribution in [3.05, 3.63) is 63.4 Å². The van der Waals surface area contributed by atoms with E-state index < -0.39 is 53.3 Å². The van der Waals surface area contributed by atoms with Gasteiger partial charge in [0, 0.05) is 10.6 Å². The van der Waals surface area contributed by atoms with E-state index in [1.165, 1.54) is 31.2 Å². The molecule has 2 aromatic rings. The maximum atomic E-state index is 14.2. The lowest BCUT2D eigenvalue weighted by molar-refractivity contribution is -0.145. The standard InChI is InChI=1S/C21H14ClF5N2O4/c1-3-32-14(30)8-33-13-5-4-11(22)6-10(13)7-12-9(2)28-29(21(12)31)20-18(26)16(24)15(23)17(25)19(20)27/h4-7H,3,8H2,1-2H3/b12-7-. The third-order valence-corrected chi connectivity index (χ3v) is 4.62. The lowest BCUT2D eigenvalue weighted by Crippen LogP contribution is -2.25. The van der Waals surface area contributed by atoms with Crippen LogP contribution in [0.3, 0.4) is 0 Å². The molecule has 0 aromatic heterocycles. The fraction of sp³-hybridized carbons (Fsp3) is 0.190. The van der Waals surface area contributed by atoms with Gasteiger partial charge in [-0.15, -0.1) is 0 Å². The highest BCUT2D eigenvalue weighted by molar-refractivity contribution is 6.33. The molecule has 1 aliphatic heterocycles. The molecule has 0 unspecified atom stereocenters. The molecule has 1 heterocycles. The minimum absolute atomic E-state index is 0.0831. The molecule has 0 saturated carbocycles. The van der Waals surface area contributed by atoms with E-state index in [2.05, 4.69) is 5.10 Å². The van der Waals surface area contributed by atoms with Gasteiger partial charge in [-0.1, -0.05) is 11.6 Å². The number of carbonyl (C=O) groups excluding carboxylic acids is 2. The SMILES string of the molecule is CCOC(=O)COc1ccc(Cl)cc1/C=C1\C(=O)N(c2c(F)c(F)c(F)c(F)c2F)N=C1C. The van der Waals surface area contributed by atoms with E-state index >= 15 is 0 Å². The lowest BCUT2D eigenvalue weighted by Gasteiger charge is -2.15. The van der Waals surface area contributed by atoms with E-state index in [0.717, 1.165) is 0 Å². The number of benzene rings is 2. The monoisotopic (exact) mass is 488 g/mol. The molecule has 0 fully saturated rings. The summed E-state index contributed by atoms with van der Waals surface area (Å²) in [6.45, 7) is 2.58. The van der Waals surface area contributed by atoms with Gasteiger partial charge < -0.3 is 9.47 Å². The van der Waals surface area contributed by atoms with Gasteiger partial charge in [-0.3, -0.25) is 4.79 Å². The van der Waals surface area contributed by atoms with Gasteiger partial charge >= 0.3 is 5.97 Å². The third-order valence-electron chi connectivity index (χ3n) is 4.38. The molecular formula is C21H14ClF5N2O4. The van der Waals surface area contributed by atoms with Crippen LogP contribution in [-0.2, 0) is 14.3 Å². The molecule has 33 heavy (non-hydrogen) atoms. The predicted molar refractivity (Wildman–Crippen MR) is 108 cm³/mol. The van der Waals surface area contributed by atoms with Gasteiger partial charge in [0.25, 0.3) is 5.91 Å². The van der Waals surface area contributed by atoms with Crippen molar-refractivity contribution in [3.8, 4) is 5.75 Å². The number of nitrogens with zero attached hydrogens (tertiary/aromatic N) is 2. The molecule has 1 amide bonds. The zero-order valence-electron chi connectivity index (χ0n) is 17.0. The first-order valence-corrected chi connectivity index (χ1v) is 9.65. The largest absolute Gasteiger partial charge is 0.481 e. The Kier molecular flexibility index (Phi) is 7.01. The third kappa shape index (κ3) is 4.68. The van der Waals surface area contributed by atoms with E-state index in [0.29, 0.717) is 0 Å². The Morgan fingerprint density at radius 2 is 1.70 bits per heavy atom. The van der Waals surface area contributed by atoms with Crippen LogP contribution in [0.15, 0.2) is 28.9 Å². The number of carbonyl (C=O) groups is 2. The summed E-state index contributed by atoms with van der Waals surface area (Å²) in [7, 11) is 0. The molecule has 0 radical (unpaired) electrons. The first-order chi connectivity index (χ1) is 15.6. The van der Waals surface area contributed by atoms with Crippen LogP contribution in [0.2, 0.25) is 5.02 Å². The van der Waals surface area contributed by atoms with Crippen LogP contribution < -0.4 is 9.75 Å². The van der Waals surface area contributed by atoms with Crippen molar-refractivity contribution in [2.75, 3.05) is 18.2 Å². The van der Waals surface area contributed by atoms with Gasteiger partial charge in [-0.05, 0) is 38.1 Å². The van der Waals surface area contributed by atoms with Crippen LogP contribution in [-0.4, -0.2) is 30.8 Å². The summed E-state index contributed by atoms with van der Waals surface area (Å²) in [5.41, 5.74) is -1.64. The van der Waals surface area contributed by atoms with Crippen LogP contribution >= 0.6 is 11.6 Å². The maximum Gasteiger partial charge on any atom is 0.344 e. The predicted octanol–water partition coefficient (Wildman–Crippen LogP) is 4.78. The number of rotatable bonds is 6. The van der Waals surface area contributed by atoms with Crippen molar-refractivity contribution in [3.63, 3.8) is 0 Å². The van der Waals surface area contributed by atoms with Gasteiger partial charge in [0.05, 0.1) is 17.9 Å². The zero-order valence-corrected chi connectivity index (χ0v) is 17.8. The molecule has 0 N–H and O–H groups in total. The number of esters is 1. The second kappa shape index (κ2) is 9.57. The summed E-state index contributed by atoms with van der Waals surface area (Å²) in [4.78, 5) is 24.4. The first kappa shape index (κ1) is 24.2. The Morgan fingerprint density at radius 3 is 2.30 bits per heavy atom. The Bertz CT molecular complexity index is 1190. The van der Waals surface area contributed by atoms with Gasteiger partial charge in [-0.25, -0.2) is 26.7 Å². The number of ether oxygens (including phenoxy) is 2. The van der Waals surface area contributed by atoms with E-state index in [1.54, 1.807) is 6.92 Å². The average Bonchev–Trinajstić information content (AvgIpc) is 3.04. The van der Waals surface area contributed by atoms with E-state index in [9.17, 15) is 31.5 Å². The molecule has 0 spiro atoms. The molecule has 1 aliphatic rings. The minimum atomic E-state index is -2.36. The highest BCUT2D eigenvalue weighted by Gasteiger charge is 2.37. The first-order valence-electron chi connectivity index (χ1n) is 9.27.